The normalized spacial score (nSPS) is 9.96. The Morgan fingerprint density at radius 1 is 1.38 bits per heavy atom. The smallest absolute Gasteiger partial charge is 0.298 e. The van der Waals surface area contributed by atoms with Crippen LogP contribution in [0.3, 0.4) is 0 Å². The monoisotopic (exact) mass is 347 g/mol. The first kappa shape index (κ1) is 17.7. The molecule has 2 aromatic heterocycles. The molecule has 1 aromatic carbocycles. The number of aromatic amines is 1. The average Bonchev–Trinajstić information content (AvgIpc) is 3.27. The number of carbonyl (C=O) groups excluding carboxylic acids is 1. The summed E-state index contributed by atoms with van der Waals surface area (Å²) in [5.74, 6) is 0.00904. The average molecular weight is 347 g/mol. The van der Waals surface area contributed by atoms with E-state index in [1.165, 1.54) is 16.9 Å². The molecule has 0 fully saturated rings. The fourth-order valence-electron chi connectivity index (χ4n) is 1.59. The number of aryl methyl sites for hydroxylation is 1. The molecule has 3 aromatic rings. The lowest BCUT2D eigenvalue weighted by Crippen LogP contribution is -2.14. The second kappa shape index (κ2) is 8.82. The van der Waals surface area contributed by atoms with Crippen LogP contribution in [0.5, 0.6) is 0 Å². The van der Waals surface area contributed by atoms with E-state index in [9.17, 15) is 4.79 Å². The number of nitrogens with one attached hydrogen (secondary N) is 2. The number of hydrogen-bond acceptors (Lipinski definition) is 8. The third-order valence-corrected chi connectivity index (χ3v) is 3.61. The third-order valence-electron chi connectivity index (χ3n) is 2.72. The molecular weight excluding hydrogens is 330 g/mol. The van der Waals surface area contributed by atoms with Crippen molar-refractivity contribution < 1.29 is 9.90 Å². The number of rotatable bonds is 4. The highest BCUT2D eigenvalue weighted by Crippen LogP contribution is 2.26. The summed E-state index contributed by atoms with van der Waals surface area (Å²) in [6.45, 7) is 2.50. The van der Waals surface area contributed by atoms with Gasteiger partial charge in [-0.3, -0.25) is 4.79 Å². The Kier molecular flexibility index (Phi) is 6.49. The third kappa shape index (κ3) is 4.91. The van der Waals surface area contributed by atoms with Crippen molar-refractivity contribution in [3.8, 4) is 10.6 Å². The summed E-state index contributed by atoms with van der Waals surface area (Å²) < 4.78 is 0. The summed E-state index contributed by atoms with van der Waals surface area (Å²) >= 11 is 1.46. The van der Waals surface area contributed by atoms with Gasteiger partial charge in [-0.2, -0.15) is 5.21 Å². The van der Waals surface area contributed by atoms with Crippen LogP contribution in [0.2, 0.25) is 0 Å². The summed E-state index contributed by atoms with van der Waals surface area (Å²) in [6.07, 6.45) is 0. The highest BCUT2D eigenvalue weighted by Gasteiger charge is 2.13. The molecule has 0 aliphatic carbocycles. The second-order valence-corrected chi connectivity index (χ2v) is 5.46. The zero-order valence-corrected chi connectivity index (χ0v) is 13.7. The summed E-state index contributed by atoms with van der Waals surface area (Å²) in [6, 6.07) is 8.04. The van der Waals surface area contributed by atoms with Crippen molar-refractivity contribution in [2.75, 3.05) is 18.5 Å². The Morgan fingerprint density at radius 3 is 2.67 bits per heavy atom. The lowest BCUT2D eigenvalue weighted by atomic mass is 10.2. The summed E-state index contributed by atoms with van der Waals surface area (Å²) in [5, 5.41) is 25.7. The first-order chi connectivity index (χ1) is 11.6. The van der Waals surface area contributed by atoms with Crippen LogP contribution in [0.1, 0.15) is 16.2 Å². The van der Waals surface area contributed by atoms with Crippen molar-refractivity contribution in [2.24, 2.45) is 5.73 Å². The number of carbonyl (C=O) groups is 1. The van der Waals surface area contributed by atoms with Gasteiger partial charge in [0.15, 0.2) is 0 Å². The largest absolute Gasteiger partial charge is 0.395 e. The van der Waals surface area contributed by atoms with Gasteiger partial charge >= 0.3 is 0 Å². The zero-order valence-electron chi connectivity index (χ0n) is 12.9. The molecule has 5 N–H and O–H groups in total. The SMILES string of the molecule is Cc1ccc(-c2nc(NC(=O)c3nn[nH]n3)cs2)cc1.NCCO. The van der Waals surface area contributed by atoms with Crippen LogP contribution in [0.25, 0.3) is 10.6 Å². The van der Waals surface area contributed by atoms with Crippen LogP contribution in [0.4, 0.5) is 5.82 Å². The van der Waals surface area contributed by atoms with E-state index in [1.807, 2.05) is 31.2 Å². The van der Waals surface area contributed by atoms with E-state index in [2.05, 4.69) is 30.9 Å². The van der Waals surface area contributed by atoms with Crippen molar-refractivity contribution in [1.29, 1.82) is 0 Å². The standard InChI is InChI=1S/C12H10N6OS.C2H7NO/c1-7-2-4-8(5-3-7)12-14-9(6-20-12)13-11(19)10-15-17-18-16-10;3-1-2-4/h2-6H,1H3,(H,13,19)(H,15,16,17,18);4H,1-3H2. The quantitative estimate of drug-likeness (QED) is 0.547. The fraction of sp³-hybridized carbons (Fsp3) is 0.214. The number of benzene rings is 1. The predicted octanol–water partition coefficient (Wildman–Crippen LogP) is 0.821. The molecule has 0 atom stereocenters. The molecule has 10 heteroatoms. The number of amides is 1. The first-order valence-electron chi connectivity index (χ1n) is 7.02. The molecule has 9 nitrogen and oxygen atoms in total. The van der Waals surface area contributed by atoms with Gasteiger partial charge in [0, 0.05) is 17.5 Å². The van der Waals surface area contributed by atoms with E-state index in [1.54, 1.807) is 5.38 Å². The molecule has 24 heavy (non-hydrogen) atoms. The number of anilines is 1. The minimum atomic E-state index is -0.445. The Morgan fingerprint density at radius 2 is 2.08 bits per heavy atom. The maximum atomic E-state index is 11.7. The molecule has 0 saturated heterocycles. The highest BCUT2D eigenvalue weighted by atomic mass is 32.1. The molecule has 0 radical (unpaired) electrons. The van der Waals surface area contributed by atoms with Gasteiger partial charge in [0.05, 0.1) is 6.61 Å². The number of aliphatic hydroxyl groups excluding tert-OH is 1. The molecule has 1 amide bonds. The van der Waals surface area contributed by atoms with Gasteiger partial charge in [0.2, 0.25) is 0 Å². The first-order valence-corrected chi connectivity index (χ1v) is 7.90. The molecule has 126 valence electrons. The van der Waals surface area contributed by atoms with Crippen molar-refractivity contribution >= 4 is 23.1 Å². The summed E-state index contributed by atoms with van der Waals surface area (Å²) in [7, 11) is 0. The number of nitrogens with zero attached hydrogens (tertiary/aromatic N) is 4. The van der Waals surface area contributed by atoms with Crippen molar-refractivity contribution in [2.45, 2.75) is 6.92 Å². The second-order valence-electron chi connectivity index (χ2n) is 4.61. The van der Waals surface area contributed by atoms with Crippen LogP contribution < -0.4 is 11.1 Å². The van der Waals surface area contributed by atoms with Crippen molar-refractivity contribution in [3.05, 3.63) is 41.0 Å². The lowest BCUT2D eigenvalue weighted by molar-refractivity contribution is 0.101. The molecular formula is C14H17N7O2S. The van der Waals surface area contributed by atoms with Crippen LogP contribution in [0, 0.1) is 6.92 Å². The fourth-order valence-corrected chi connectivity index (χ4v) is 2.35. The molecule has 0 saturated carbocycles. The number of aromatic nitrogens is 5. The molecule has 2 heterocycles. The van der Waals surface area contributed by atoms with E-state index in [0.717, 1.165) is 10.6 Å². The van der Waals surface area contributed by atoms with Crippen LogP contribution in [0.15, 0.2) is 29.6 Å². The zero-order chi connectivity index (χ0) is 17.4. The summed E-state index contributed by atoms with van der Waals surface area (Å²) in [5.41, 5.74) is 6.98. The van der Waals surface area contributed by atoms with E-state index in [-0.39, 0.29) is 12.4 Å². The number of thiazole rings is 1. The van der Waals surface area contributed by atoms with Crippen LogP contribution >= 0.6 is 11.3 Å². The van der Waals surface area contributed by atoms with E-state index in [0.29, 0.717) is 12.4 Å². The molecule has 0 bridgehead atoms. The maximum absolute atomic E-state index is 11.7. The van der Waals surface area contributed by atoms with Gasteiger partial charge in [-0.1, -0.05) is 29.8 Å². The number of hydrogen-bond donors (Lipinski definition) is 4. The van der Waals surface area contributed by atoms with E-state index >= 15 is 0 Å². The molecule has 3 rings (SSSR count). The summed E-state index contributed by atoms with van der Waals surface area (Å²) in [4.78, 5) is 16.1. The topological polar surface area (TPSA) is 143 Å². The molecule has 0 spiro atoms. The number of nitrogens with two attached hydrogens (primary N) is 1. The van der Waals surface area contributed by atoms with Gasteiger partial charge in [-0.05, 0) is 12.1 Å². The van der Waals surface area contributed by atoms with Crippen molar-refractivity contribution in [3.63, 3.8) is 0 Å². The van der Waals surface area contributed by atoms with Gasteiger partial charge in [-0.15, -0.1) is 21.5 Å². The number of H-pyrrole nitrogens is 1. The lowest BCUT2D eigenvalue weighted by Gasteiger charge is -1.98. The number of aliphatic hydroxyl groups is 1. The van der Waals surface area contributed by atoms with E-state index < -0.39 is 5.91 Å². The minimum absolute atomic E-state index is 0.0186. The molecule has 0 unspecified atom stereocenters. The predicted molar refractivity (Wildman–Crippen MR) is 90.6 cm³/mol. The Bertz CT molecular complexity index is 754. The van der Waals surface area contributed by atoms with Crippen LogP contribution in [-0.4, -0.2) is 49.8 Å². The Balaban J connectivity index is 0.000000471. The van der Waals surface area contributed by atoms with Crippen LogP contribution in [-0.2, 0) is 0 Å². The highest BCUT2D eigenvalue weighted by molar-refractivity contribution is 7.13. The molecule has 0 aliphatic heterocycles. The Hall–Kier alpha value is -2.69. The van der Waals surface area contributed by atoms with Gasteiger partial charge < -0.3 is 16.2 Å². The molecule has 0 aliphatic rings. The van der Waals surface area contributed by atoms with E-state index in [4.69, 9.17) is 10.8 Å². The van der Waals surface area contributed by atoms with Gasteiger partial charge in [0.25, 0.3) is 11.7 Å². The maximum Gasteiger partial charge on any atom is 0.298 e. The van der Waals surface area contributed by atoms with Gasteiger partial charge in [0.1, 0.15) is 10.8 Å². The van der Waals surface area contributed by atoms with Crippen molar-refractivity contribution in [1.82, 2.24) is 25.6 Å². The minimum Gasteiger partial charge on any atom is -0.395 e. The Labute approximate surface area is 141 Å². The number of tetrazole rings is 1. The van der Waals surface area contributed by atoms with Gasteiger partial charge in [-0.25, -0.2) is 4.98 Å².